The Hall–Kier alpha value is -2.37. The molecule has 2 aromatic rings. The molecule has 2 fully saturated rings. The van der Waals surface area contributed by atoms with Crippen LogP contribution in [0.15, 0.2) is 33.5 Å². The summed E-state index contributed by atoms with van der Waals surface area (Å²) in [6.45, 7) is -1.42. The predicted octanol–water partition coefficient (Wildman–Crippen LogP) is -3.85. The molecule has 8 N–H and O–H groups in total. The molecule has 1 aromatic heterocycles. The van der Waals surface area contributed by atoms with Crippen LogP contribution in [0.25, 0.3) is 11.0 Å². The lowest BCUT2D eigenvalue weighted by Gasteiger charge is -2.40. The van der Waals surface area contributed by atoms with Gasteiger partial charge in [0.1, 0.15) is 48.8 Å². The van der Waals surface area contributed by atoms with E-state index in [1.807, 2.05) is 0 Å². The quantitative estimate of drug-likeness (QED) is 0.177. The van der Waals surface area contributed by atoms with E-state index in [4.69, 9.17) is 23.4 Å². The molecule has 0 aliphatic carbocycles. The van der Waals surface area contributed by atoms with E-state index >= 15 is 0 Å². The van der Waals surface area contributed by atoms with Crippen molar-refractivity contribution in [1.82, 2.24) is 0 Å². The van der Waals surface area contributed by atoms with Crippen molar-refractivity contribution in [2.24, 2.45) is 0 Å². The first-order chi connectivity index (χ1) is 16.7. The summed E-state index contributed by atoms with van der Waals surface area (Å²) < 4.78 is 27.2. The van der Waals surface area contributed by atoms with Crippen LogP contribution in [-0.2, 0) is 9.47 Å². The van der Waals surface area contributed by atoms with Crippen molar-refractivity contribution in [3.05, 3.63) is 34.7 Å². The molecule has 2 aliphatic rings. The van der Waals surface area contributed by atoms with Gasteiger partial charge in [-0.2, -0.15) is 0 Å². The lowest BCUT2D eigenvalue weighted by atomic mass is 9.99. The van der Waals surface area contributed by atoms with Gasteiger partial charge in [0.05, 0.1) is 13.2 Å². The van der Waals surface area contributed by atoms with E-state index in [1.165, 1.54) is 18.2 Å². The first-order valence-corrected chi connectivity index (χ1v) is 10.7. The number of hydrogen-bond donors (Lipinski definition) is 8. The second-order valence-electron chi connectivity index (χ2n) is 8.20. The Morgan fingerprint density at radius 2 is 1.20 bits per heavy atom. The average Bonchev–Trinajstić information content (AvgIpc) is 2.85. The molecule has 2 aliphatic heterocycles. The fraction of sp³-hybridized carbons (Fsp3) is 0.571. The van der Waals surface area contributed by atoms with Crippen molar-refractivity contribution >= 4 is 11.0 Å². The van der Waals surface area contributed by atoms with Crippen molar-refractivity contribution < 1.29 is 64.2 Å². The Morgan fingerprint density at radius 3 is 1.74 bits per heavy atom. The van der Waals surface area contributed by atoms with E-state index in [0.717, 1.165) is 6.07 Å². The normalized spacial score (nSPS) is 37.8. The summed E-state index contributed by atoms with van der Waals surface area (Å²) >= 11 is 0. The molecule has 0 spiro atoms. The van der Waals surface area contributed by atoms with Gasteiger partial charge in [-0.1, -0.05) is 0 Å². The average molecular weight is 502 g/mol. The van der Waals surface area contributed by atoms with Gasteiger partial charge in [0.25, 0.3) is 0 Å². The summed E-state index contributed by atoms with van der Waals surface area (Å²) in [4.78, 5) is 11.9. The summed E-state index contributed by atoms with van der Waals surface area (Å²) in [6, 6.07) is 5.32. The van der Waals surface area contributed by atoms with Crippen LogP contribution in [0.3, 0.4) is 0 Å². The van der Waals surface area contributed by atoms with Crippen LogP contribution in [0.5, 0.6) is 11.5 Å². The molecule has 0 saturated carbocycles. The minimum atomic E-state index is -1.81. The van der Waals surface area contributed by atoms with Gasteiger partial charge in [-0.15, -0.1) is 0 Å². The first kappa shape index (κ1) is 25.7. The molecule has 10 atom stereocenters. The molecule has 35 heavy (non-hydrogen) atoms. The second kappa shape index (κ2) is 10.3. The molecule has 0 amide bonds. The minimum Gasteiger partial charge on any atom is -0.458 e. The Balaban J connectivity index is 1.72. The lowest BCUT2D eigenvalue weighted by molar-refractivity contribution is -0.282. The zero-order chi connectivity index (χ0) is 25.4. The fourth-order valence-corrected chi connectivity index (χ4v) is 3.86. The summed E-state index contributed by atoms with van der Waals surface area (Å²) in [5.74, 6) is -0.588. The van der Waals surface area contributed by atoms with Crippen LogP contribution in [0.4, 0.5) is 0 Å². The van der Waals surface area contributed by atoms with Gasteiger partial charge < -0.3 is 64.2 Å². The largest absolute Gasteiger partial charge is 0.458 e. The maximum Gasteiger partial charge on any atom is 0.336 e. The van der Waals surface area contributed by atoms with Gasteiger partial charge >= 0.3 is 5.63 Å². The zero-order valence-corrected chi connectivity index (χ0v) is 18.0. The number of ether oxygens (including phenoxy) is 4. The summed E-state index contributed by atoms with van der Waals surface area (Å²) in [5.41, 5.74) is -0.960. The van der Waals surface area contributed by atoms with E-state index in [2.05, 4.69) is 0 Å². The Labute approximate surface area is 196 Å². The number of rotatable bonds is 6. The van der Waals surface area contributed by atoms with Crippen molar-refractivity contribution in [2.45, 2.75) is 61.4 Å². The second-order valence-corrected chi connectivity index (χ2v) is 8.20. The lowest BCUT2D eigenvalue weighted by Crippen LogP contribution is -2.60. The number of aliphatic hydroxyl groups is 8. The molecule has 0 radical (unpaired) electrons. The molecule has 194 valence electrons. The van der Waals surface area contributed by atoms with Gasteiger partial charge in [-0.25, -0.2) is 4.79 Å². The van der Waals surface area contributed by atoms with Gasteiger partial charge in [0, 0.05) is 11.5 Å². The third-order valence-corrected chi connectivity index (χ3v) is 5.88. The third kappa shape index (κ3) is 4.85. The van der Waals surface area contributed by atoms with Crippen LogP contribution in [0, 0.1) is 0 Å². The Kier molecular flexibility index (Phi) is 7.58. The highest BCUT2D eigenvalue weighted by Crippen LogP contribution is 2.39. The summed E-state index contributed by atoms with van der Waals surface area (Å²) in [6.07, 6.45) is -16.2. The maximum absolute atomic E-state index is 11.9. The first-order valence-electron chi connectivity index (χ1n) is 10.7. The van der Waals surface area contributed by atoms with E-state index in [0.29, 0.717) is 5.39 Å². The van der Waals surface area contributed by atoms with Gasteiger partial charge in [-0.3, -0.25) is 0 Å². The van der Waals surface area contributed by atoms with Crippen LogP contribution >= 0.6 is 0 Å². The van der Waals surface area contributed by atoms with Crippen LogP contribution in [-0.4, -0.2) is 115 Å². The Morgan fingerprint density at radius 1 is 0.686 bits per heavy atom. The fourth-order valence-electron chi connectivity index (χ4n) is 3.86. The molecular weight excluding hydrogens is 476 g/mol. The smallest absolute Gasteiger partial charge is 0.336 e. The number of benzene rings is 1. The number of fused-ring (bicyclic) bond motifs is 1. The highest BCUT2D eigenvalue weighted by atomic mass is 16.7. The minimum absolute atomic E-state index is 0.184. The predicted molar refractivity (Wildman–Crippen MR) is 111 cm³/mol. The summed E-state index contributed by atoms with van der Waals surface area (Å²) in [7, 11) is 0. The highest BCUT2D eigenvalue weighted by Gasteiger charge is 2.47. The van der Waals surface area contributed by atoms with E-state index in [9.17, 15) is 45.6 Å². The molecule has 0 bridgehead atoms. The van der Waals surface area contributed by atoms with Crippen molar-refractivity contribution in [1.29, 1.82) is 0 Å². The molecule has 3 heterocycles. The van der Waals surface area contributed by atoms with Crippen LogP contribution in [0.2, 0.25) is 0 Å². The van der Waals surface area contributed by atoms with E-state index in [-0.39, 0.29) is 17.1 Å². The molecule has 14 heteroatoms. The summed E-state index contributed by atoms with van der Waals surface area (Å²) in [5, 5.41) is 79.9. The van der Waals surface area contributed by atoms with Gasteiger partial charge in [-0.05, 0) is 18.2 Å². The van der Waals surface area contributed by atoms with Crippen LogP contribution < -0.4 is 15.1 Å². The maximum atomic E-state index is 11.9. The third-order valence-electron chi connectivity index (χ3n) is 5.88. The number of hydrogen-bond acceptors (Lipinski definition) is 14. The molecule has 2 saturated heterocycles. The molecule has 4 rings (SSSR count). The van der Waals surface area contributed by atoms with Crippen LogP contribution in [0.1, 0.15) is 0 Å². The molecule has 1 aromatic carbocycles. The van der Waals surface area contributed by atoms with E-state index in [1.54, 1.807) is 0 Å². The number of aliphatic hydroxyl groups excluding tert-OH is 8. The van der Waals surface area contributed by atoms with Gasteiger partial charge in [0.2, 0.25) is 18.3 Å². The van der Waals surface area contributed by atoms with Crippen molar-refractivity contribution in [2.75, 3.05) is 13.2 Å². The molecular formula is C21H26O14. The van der Waals surface area contributed by atoms with Crippen molar-refractivity contribution in [3.63, 3.8) is 0 Å². The Bertz CT molecular complexity index is 1070. The zero-order valence-electron chi connectivity index (χ0n) is 18.0. The molecule has 0 unspecified atom stereocenters. The van der Waals surface area contributed by atoms with Crippen molar-refractivity contribution in [3.8, 4) is 11.5 Å². The molecule has 14 nitrogen and oxygen atoms in total. The van der Waals surface area contributed by atoms with Gasteiger partial charge in [0.15, 0.2) is 11.3 Å². The highest BCUT2D eigenvalue weighted by molar-refractivity contribution is 5.85. The van der Waals surface area contributed by atoms with E-state index < -0.39 is 80.3 Å². The topological polar surface area (TPSA) is 229 Å². The monoisotopic (exact) mass is 502 g/mol. The standard InChI is InChI=1S/C21H26O14/c22-5-9-12(25)14(27)16(29)20(32-9)31-8-3-1-7-2-4-11(24)34-18(7)19(8)35-21-17(30)15(28)13(26)10(6-23)33-21/h1-4,9-10,12-17,20-23,25-30H,5-6H2/t9-,10-,12-,13-,14+,15+,16-,17-,20-,21+/m1/s1. The SMILES string of the molecule is O=c1ccc2ccc(O[C@@H]3O[C@H](CO)[C@@H](O)[C@H](O)[C@H]3O)c(O[C@@H]3O[C@H](CO)[C@@H](O)[C@H](O)[C@H]3O)c2o1.